The van der Waals surface area contributed by atoms with Crippen LogP contribution in [0.25, 0.3) is 0 Å². The lowest BCUT2D eigenvalue weighted by Gasteiger charge is -2.10. The molecule has 0 saturated heterocycles. The summed E-state index contributed by atoms with van der Waals surface area (Å²) >= 11 is 11.9. The van der Waals surface area contributed by atoms with Gasteiger partial charge in [-0.2, -0.15) is 0 Å². The molecule has 0 bridgehead atoms. The second-order valence-electron chi connectivity index (χ2n) is 5.65. The molecule has 6 heteroatoms. The van der Waals surface area contributed by atoms with Crippen LogP contribution >= 0.6 is 23.2 Å². The van der Waals surface area contributed by atoms with E-state index < -0.39 is 0 Å². The van der Waals surface area contributed by atoms with E-state index in [2.05, 4.69) is 5.32 Å². The Morgan fingerprint density at radius 2 is 1.41 bits per heavy atom. The molecule has 0 aromatic heterocycles. The molecule has 0 atom stereocenters. The maximum absolute atomic E-state index is 12.4. The molecule has 0 heterocycles. The molecule has 3 rings (SSSR count). The maximum Gasteiger partial charge on any atom is 0.255 e. The molecule has 0 radical (unpaired) electrons. The van der Waals surface area contributed by atoms with Crippen molar-refractivity contribution >= 4 is 34.8 Å². The molecule has 0 spiro atoms. The molecule has 3 aromatic rings. The number of amides is 1. The Labute approximate surface area is 167 Å². The van der Waals surface area contributed by atoms with Crippen LogP contribution in [-0.2, 0) is 0 Å². The SMILES string of the molecule is O=C(Nc1cccc(OCCOc2ccccc2)c1)c1cc(Cl)cc(Cl)c1. The van der Waals surface area contributed by atoms with Gasteiger partial charge in [-0.1, -0.05) is 47.5 Å². The minimum Gasteiger partial charge on any atom is -0.490 e. The van der Waals surface area contributed by atoms with Gasteiger partial charge in [-0.3, -0.25) is 4.79 Å². The third kappa shape index (κ3) is 5.91. The second kappa shape index (κ2) is 9.31. The van der Waals surface area contributed by atoms with Gasteiger partial charge in [0.2, 0.25) is 0 Å². The average Bonchev–Trinajstić information content (AvgIpc) is 2.66. The molecule has 3 aromatic carbocycles. The van der Waals surface area contributed by atoms with Crippen molar-refractivity contribution in [1.29, 1.82) is 0 Å². The number of nitrogens with one attached hydrogen (secondary N) is 1. The van der Waals surface area contributed by atoms with Crippen LogP contribution in [0.15, 0.2) is 72.8 Å². The Morgan fingerprint density at radius 1 is 0.778 bits per heavy atom. The van der Waals surface area contributed by atoms with Crippen molar-refractivity contribution in [1.82, 2.24) is 0 Å². The smallest absolute Gasteiger partial charge is 0.255 e. The lowest BCUT2D eigenvalue weighted by molar-refractivity contribution is 0.102. The fraction of sp³-hybridized carbons (Fsp3) is 0.0952. The highest BCUT2D eigenvalue weighted by Gasteiger charge is 2.09. The van der Waals surface area contributed by atoms with Crippen LogP contribution in [0.5, 0.6) is 11.5 Å². The zero-order chi connectivity index (χ0) is 19.1. The van der Waals surface area contributed by atoms with Gasteiger partial charge in [0.25, 0.3) is 5.91 Å². The Bertz CT molecular complexity index is 896. The lowest BCUT2D eigenvalue weighted by Crippen LogP contribution is -2.12. The van der Waals surface area contributed by atoms with E-state index >= 15 is 0 Å². The van der Waals surface area contributed by atoms with Crippen LogP contribution in [0.4, 0.5) is 5.69 Å². The first-order valence-corrected chi connectivity index (χ1v) is 9.04. The number of rotatable bonds is 7. The van der Waals surface area contributed by atoms with Crippen molar-refractivity contribution in [2.75, 3.05) is 18.5 Å². The first kappa shape index (κ1) is 19.1. The predicted octanol–water partition coefficient (Wildman–Crippen LogP) is 5.70. The summed E-state index contributed by atoms with van der Waals surface area (Å²) < 4.78 is 11.3. The summed E-state index contributed by atoms with van der Waals surface area (Å²) in [4.78, 5) is 12.4. The van der Waals surface area contributed by atoms with E-state index in [4.69, 9.17) is 32.7 Å². The molecule has 0 saturated carbocycles. The van der Waals surface area contributed by atoms with E-state index in [1.165, 1.54) is 0 Å². The highest BCUT2D eigenvalue weighted by molar-refractivity contribution is 6.35. The molecule has 0 aliphatic rings. The van der Waals surface area contributed by atoms with Gasteiger partial charge >= 0.3 is 0 Å². The van der Waals surface area contributed by atoms with Crippen LogP contribution in [-0.4, -0.2) is 19.1 Å². The monoisotopic (exact) mass is 401 g/mol. The van der Waals surface area contributed by atoms with Gasteiger partial charge in [0.15, 0.2) is 0 Å². The van der Waals surface area contributed by atoms with Crippen LogP contribution in [0, 0.1) is 0 Å². The van der Waals surface area contributed by atoms with Gasteiger partial charge in [0, 0.05) is 27.4 Å². The fourth-order valence-electron chi connectivity index (χ4n) is 2.39. The molecule has 0 aliphatic heterocycles. The van der Waals surface area contributed by atoms with Crippen molar-refractivity contribution in [2.45, 2.75) is 0 Å². The standard InChI is InChI=1S/C21H17Cl2NO3/c22-16-11-15(12-17(23)13-16)21(25)24-18-5-4-8-20(14-18)27-10-9-26-19-6-2-1-3-7-19/h1-8,11-14H,9-10H2,(H,24,25). The summed E-state index contributed by atoms with van der Waals surface area (Å²) in [6.07, 6.45) is 0. The molecule has 0 aliphatic carbocycles. The number of carbonyl (C=O) groups excluding carboxylic acids is 1. The molecular weight excluding hydrogens is 385 g/mol. The van der Waals surface area contributed by atoms with E-state index in [0.29, 0.717) is 40.3 Å². The van der Waals surface area contributed by atoms with Crippen molar-refractivity contribution in [2.24, 2.45) is 0 Å². The van der Waals surface area contributed by atoms with Gasteiger partial charge in [-0.05, 0) is 42.5 Å². The van der Waals surface area contributed by atoms with Gasteiger partial charge < -0.3 is 14.8 Å². The normalized spacial score (nSPS) is 10.3. The Balaban J connectivity index is 1.54. The zero-order valence-corrected chi connectivity index (χ0v) is 15.8. The summed E-state index contributed by atoms with van der Waals surface area (Å²) in [6, 6.07) is 21.4. The lowest BCUT2D eigenvalue weighted by atomic mass is 10.2. The summed E-state index contributed by atoms with van der Waals surface area (Å²) in [5.41, 5.74) is 0.993. The molecular formula is C21H17Cl2NO3. The molecule has 4 nitrogen and oxygen atoms in total. The number of benzene rings is 3. The maximum atomic E-state index is 12.4. The first-order chi connectivity index (χ1) is 13.1. The second-order valence-corrected chi connectivity index (χ2v) is 6.52. The minimum absolute atomic E-state index is 0.302. The number of para-hydroxylation sites is 1. The van der Waals surface area contributed by atoms with Crippen LogP contribution < -0.4 is 14.8 Å². The van der Waals surface area contributed by atoms with E-state index in [1.807, 2.05) is 36.4 Å². The zero-order valence-electron chi connectivity index (χ0n) is 14.3. The summed E-state index contributed by atoms with van der Waals surface area (Å²) in [5, 5.41) is 3.61. The van der Waals surface area contributed by atoms with Crippen LogP contribution in [0.2, 0.25) is 10.0 Å². The molecule has 138 valence electrons. The molecule has 27 heavy (non-hydrogen) atoms. The average molecular weight is 402 g/mol. The number of carbonyl (C=O) groups is 1. The van der Waals surface area contributed by atoms with E-state index in [9.17, 15) is 4.79 Å². The highest BCUT2D eigenvalue weighted by Crippen LogP contribution is 2.22. The topological polar surface area (TPSA) is 47.6 Å². The third-order valence-corrected chi connectivity index (χ3v) is 4.02. The predicted molar refractivity (Wildman–Crippen MR) is 108 cm³/mol. The van der Waals surface area contributed by atoms with Crippen molar-refractivity contribution in [3.05, 3.63) is 88.4 Å². The van der Waals surface area contributed by atoms with Gasteiger partial charge in [-0.15, -0.1) is 0 Å². The van der Waals surface area contributed by atoms with E-state index in [0.717, 1.165) is 5.75 Å². The van der Waals surface area contributed by atoms with Gasteiger partial charge in [0.05, 0.1) is 0 Å². The van der Waals surface area contributed by atoms with Crippen molar-refractivity contribution in [3.63, 3.8) is 0 Å². The largest absolute Gasteiger partial charge is 0.490 e. The van der Waals surface area contributed by atoms with Crippen molar-refractivity contribution in [3.8, 4) is 11.5 Å². The Morgan fingerprint density at radius 3 is 2.11 bits per heavy atom. The first-order valence-electron chi connectivity index (χ1n) is 8.28. The highest BCUT2D eigenvalue weighted by atomic mass is 35.5. The summed E-state index contributed by atoms with van der Waals surface area (Å²) in [7, 11) is 0. The van der Waals surface area contributed by atoms with Gasteiger partial charge in [0.1, 0.15) is 24.7 Å². The molecule has 0 fully saturated rings. The molecule has 1 amide bonds. The number of anilines is 1. The van der Waals surface area contributed by atoms with Crippen LogP contribution in [0.1, 0.15) is 10.4 Å². The minimum atomic E-state index is -0.302. The Hall–Kier alpha value is -2.69. The molecule has 1 N–H and O–H groups in total. The van der Waals surface area contributed by atoms with E-state index in [1.54, 1.807) is 36.4 Å². The van der Waals surface area contributed by atoms with Crippen molar-refractivity contribution < 1.29 is 14.3 Å². The quantitative estimate of drug-likeness (QED) is 0.516. The number of ether oxygens (including phenoxy) is 2. The third-order valence-electron chi connectivity index (χ3n) is 3.58. The number of halogens is 2. The molecule has 0 unspecified atom stereocenters. The number of hydrogen-bond acceptors (Lipinski definition) is 3. The van der Waals surface area contributed by atoms with Gasteiger partial charge in [-0.25, -0.2) is 0 Å². The fourth-order valence-corrected chi connectivity index (χ4v) is 2.91. The van der Waals surface area contributed by atoms with E-state index in [-0.39, 0.29) is 5.91 Å². The summed E-state index contributed by atoms with van der Waals surface area (Å²) in [6.45, 7) is 0.803. The summed E-state index contributed by atoms with van der Waals surface area (Å²) in [5.74, 6) is 1.12. The number of hydrogen-bond donors (Lipinski definition) is 1. The van der Waals surface area contributed by atoms with Crippen LogP contribution in [0.3, 0.4) is 0 Å². The Kier molecular flexibility index (Phi) is 6.58.